The van der Waals surface area contributed by atoms with E-state index in [1.807, 2.05) is 12.1 Å². The quantitative estimate of drug-likeness (QED) is 0.414. The van der Waals surface area contributed by atoms with Gasteiger partial charge in [0.1, 0.15) is 5.82 Å². The molecule has 2 aliphatic rings. The molecule has 0 saturated carbocycles. The molecule has 7 heteroatoms. The average molecular weight is 475 g/mol. The molecule has 1 unspecified atom stereocenters. The van der Waals surface area contributed by atoms with Gasteiger partial charge in [-0.25, -0.2) is 4.39 Å². The van der Waals surface area contributed by atoms with E-state index in [0.717, 1.165) is 45.0 Å². The van der Waals surface area contributed by atoms with E-state index in [9.17, 15) is 4.39 Å². The minimum absolute atomic E-state index is 0. The average Bonchev–Trinajstić information content (AvgIpc) is 2.67. The molecule has 0 radical (unpaired) electrons. The van der Waals surface area contributed by atoms with Crippen molar-refractivity contribution in [3.05, 3.63) is 30.1 Å². The minimum Gasteiger partial charge on any atom is -0.370 e. The fourth-order valence-electron chi connectivity index (χ4n) is 3.83. The van der Waals surface area contributed by atoms with Gasteiger partial charge in [0.2, 0.25) is 0 Å². The number of aliphatic imine (C=N–C) groups is 1. The fourth-order valence-corrected chi connectivity index (χ4v) is 3.83. The summed E-state index contributed by atoms with van der Waals surface area (Å²) >= 11 is 0. The summed E-state index contributed by atoms with van der Waals surface area (Å²) in [6, 6.07) is 7.25. The largest absolute Gasteiger partial charge is 0.370 e. The molecule has 0 amide bonds. The van der Waals surface area contributed by atoms with Crippen LogP contribution in [0.5, 0.6) is 0 Å². The van der Waals surface area contributed by atoms with Gasteiger partial charge in [-0.05, 0) is 50.2 Å². The number of hydrogen-bond donors (Lipinski definition) is 1. The predicted octanol–water partition coefficient (Wildman–Crippen LogP) is 2.75. The molecule has 0 bridgehead atoms. The first-order chi connectivity index (χ1) is 12.2. The molecule has 1 atom stereocenters. The maximum Gasteiger partial charge on any atom is 0.191 e. The number of anilines is 1. The van der Waals surface area contributed by atoms with E-state index in [-0.39, 0.29) is 29.8 Å². The summed E-state index contributed by atoms with van der Waals surface area (Å²) in [6.07, 6.45) is 3.82. The molecular weight excluding hydrogens is 444 g/mol. The highest BCUT2D eigenvalue weighted by Gasteiger charge is 2.22. The van der Waals surface area contributed by atoms with Gasteiger partial charge in [-0.1, -0.05) is 13.3 Å². The Morgan fingerprint density at radius 2 is 1.81 bits per heavy atom. The molecule has 3 rings (SSSR count). The van der Waals surface area contributed by atoms with Crippen LogP contribution in [0.25, 0.3) is 0 Å². The number of likely N-dealkylation sites (N-methyl/N-ethyl adjacent to an activating group) is 1. The zero-order chi connectivity index (χ0) is 17.6. The van der Waals surface area contributed by atoms with Gasteiger partial charge in [0.25, 0.3) is 0 Å². The van der Waals surface area contributed by atoms with E-state index in [1.54, 1.807) is 0 Å². The first-order valence-corrected chi connectivity index (χ1v) is 9.47. The first-order valence-electron chi connectivity index (χ1n) is 9.47. The Morgan fingerprint density at radius 1 is 1.12 bits per heavy atom. The summed E-state index contributed by atoms with van der Waals surface area (Å²) in [4.78, 5) is 11.6. The van der Waals surface area contributed by atoms with Crippen molar-refractivity contribution < 1.29 is 4.39 Å². The lowest BCUT2D eigenvalue weighted by molar-refractivity contribution is 0.161. The predicted molar refractivity (Wildman–Crippen MR) is 117 cm³/mol. The van der Waals surface area contributed by atoms with Crippen LogP contribution in [0, 0.1) is 5.82 Å². The van der Waals surface area contributed by atoms with Crippen LogP contribution in [-0.4, -0.2) is 67.6 Å². The standard InChI is InChI=1S/C19H30FN5.HI/c1-2-23-10-4-3-5-18(23)15-22-19(21)25-13-11-24(12-14-25)17-8-6-16(20)7-9-17;/h6-9,18H,2-5,10-15H2,1H3,(H2,21,22);1H. The molecule has 1 aromatic rings. The van der Waals surface area contributed by atoms with Gasteiger partial charge < -0.3 is 15.5 Å². The van der Waals surface area contributed by atoms with Crippen LogP contribution in [0.4, 0.5) is 10.1 Å². The molecular formula is C19H31FIN5. The van der Waals surface area contributed by atoms with Crippen molar-refractivity contribution in [3.8, 4) is 0 Å². The number of halogens is 2. The van der Waals surface area contributed by atoms with Crippen molar-refractivity contribution >= 4 is 35.6 Å². The van der Waals surface area contributed by atoms with Crippen molar-refractivity contribution in [2.24, 2.45) is 10.7 Å². The third-order valence-electron chi connectivity index (χ3n) is 5.41. The second-order valence-corrected chi connectivity index (χ2v) is 6.93. The van der Waals surface area contributed by atoms with Crippen molar-refractivity contribution in [1.29, 1.82) is 0 Å². The van der Waals surface area contributed by atoms with Crippen LogP contribution < -0.4 is 10.6 Å². The summed E-state index contributed by atoms with van der Waals surface area (Å²) in [7, 11) is 0. The summed E-state index contributed by atoms with van der Waals surface area (Å²) in [5.41, 5.74) is 7.31. The third-order valence-corrected chi connectivity index (χ3v) is 5.41. The lowest BCUT2D eigenvalue weighted by Gasteiger charge is -2.37. The van der Waals surface area contributed by atoms with E-state index in [0.29, 0.717) is 12.0 Å². The van der Waals surface area contributed by atoms with Gasteiger partial charge in [-0.15, -0.1) is 24.0 Å². The van der Waals surface area contributed by atoms with Crippen LogP contribution in [-0.2, 0) is 0 Å². The molecule has 26 heavy (non-hydrogen) atoms. The van der Waals surface area contributed by atoms with E-state index < -0.39 is 0 Å². The molecule has 2 heterocycles. The second kappa shape index (κ2) is 10.3. The molecule has 146 valence electrons. The van der Waals surface area contributed by atoms with E-state index >= 15 is 0 Å². The number of nitrogens with two attached hydrogens (primary N) is 1. The number of hydrogen-bond acceptors (Lipinski definition) is 3. The highest BCUT2D eigenvalue weighted by atomic mass is 127. The van der Waals surface area contributed by atoms with Crippen LogP contribution in [0.1, 0.15) is 26.2 Å². The zero-order valence-electron chi connectivity index (χ0n) is 15.6. The Kier molecular flexibility index (Phi) is 8.40. The fraction of sp³-hybridized carbons (Fsp3) is 0.632. The van der Waals surface area contributed by atoms with Crippen molar-refractivity contribution in [2.45, 2.75) is 32.2 Å². The van der Waals surface area contributed by atoms with Crippen molar-refractivity contribution in [3.63, 3.8) is 0 Å². The van der Waals surface area contributed by atoms with Crippen molar-refractivity contribution in [1.82, 2.24) is 9.80 Å². The molecule has 0 spiro atoms. The molecule has 0 aliphatic carbocycles. The van der Waals surface area contributed by atoms with Gasteiger partial charge in [0.15, 0.2) is 5.96 Å². The maximum absolute atomic E-state index is 13.1. The summed E-state index contributed by atoms with van der Waals surface area (Å²) in [5, 5.41) is 0. The van der Waals surface area contributed by atoms with Gasteiger partial charge in [0, 0.05) is 37.9 Å². The van der Waals surface area contributed by atoms with Gasteiger partial charge >= 0.3 is 0 Å². The lowest BCUT2D eigenvalue weighted by Crippen LogP contribution is -2.51. The number of piperazine rings is 1. The lowest BCUT2D eigenvalue weighted by atomic mass is 10.0. The molecule has 5 nitrogen and oxygen atoms in total. The van der Waals surface area contributed by atoms with Crippen LogP contribution in [0.3, 0.4) is 0 Å². The van der Waals surface area contributed by atoms with Gasteiger partial charge in [0.05, 0.1) is 6.54 Å². The van der Waals surface area contributed by atoms with E-state index in [1.165, 1.54) is 37.9 Å². The number of rotatable bonds is 4. The first kappa shape index (κ1) is 21.2. The van der Waals surface area contributed by atoms with Gasteiger partial charge in [-0.3, -0.25) is 9.89 Å². The van der Waals surface area contributed by atoms with Crippen molar-refractivity contribution in [2.75, 3.05) is 50.7 Å². The number of benzene rings is 1. The Morgan fingerprint density at radius 3 is 2.46 bits per heavy atom. The molecule has 2 N–H and O–H groups in total. The third kappa shape index (κ3) is 5.45. The number of piperidine rings is 1. The summed E-state index contributed by atoms with van der Waals surface area (Å²) in [6.45, 7) is 8.78. The number of guanidine groups is 1. The Hall–Kier alpha value is -1.09. The second-order valence-electron chi connectivity index (χ2n) is 6.93. The monoisotopic (exact) mass is 475 g/mol. The molecule has 2 fully saturated rings. The highest BCUT2D eigenvalue weighted by Crippen LogP contribution is 2.18. The van der Waals surface area contributed by atoms with Crippen LogP contribution >= 0.6 is 24.0 Å². The zero-order valence-corrected chi connectivity index (χ0v) is 17.9. The van der Waals surface area contributed by atoms with Crippen LogP contribution in [0.2, 0.25) is 0 Å². The Bertz CT molecular complexity index is 572. The van der Waals surface area contributed by atoms with Gasteiger partial charge in [-0.2, -0.15) is 0 Å². The smallest absolute Gasteiger partial charge is 0.191 e. The maximum atomic E-state index is 13.1. The Labute approximate surface area is 173 Å². The number of nitrogens with zero attached hydrogens (tertiary/aromatic N) is 4. The molecule has 1 aromatic carbocycles. The topological polar surface area (TPSA) is 48.1 Å². The molecule has 2 saturated heterocycles. The Balaban J connectivity index is 0.00000243. The number of likely N-dealkylation sites (tertiary alicyclic amines) is 1. The van der Waals surface area contributed by atoms with E-state index in [4.69, 9.17) is 5.73 Å². The summed E-state index contributed by atoms with van der Waals surface area (Å²) in [5.74, 6) is 0.475. The minimum atomic E-state index is -0.192. The SMILES string of the molecule is CCN1CCCCC1CN=C(N)N1CCN(c2ccc(F)cc2)CC1.I. The molecule has 2 aliphatic heterocycles. The highest BCUT2D eigenvalue weighted by molar-refractivity contribution is 14.0. The summed E-state index contributed by atoms with van der Waals surface area (Å²) < 4.78 is 13.1. The molecule has 0 aromatic heterocycles. The normalized spacial score (nSPS) is 22.2. The van der Waals surface area contributed by atoms with Crippen LogP contribution in [0.15, 0.2) is 29.3 Å². The van der Waals surface area contributed by atoms with E-state index in [2.05, 4.69) is 26.6 Å².